The first-order valence-electron chi connectivity index (χ1n) is 11.6. The Morgan fingerprint density at radius 1 is 0.933 bits per heavy atom. The fraction of sp³-hybridized carbons (Fsp3) is 0.500. The van der Waals surface area contributed by atoms with Gasteiger partial charge in [0.15, 0.2) is 0 Å². The normalized spacial score (nSPS) is 15.1. The highest BCUT2D eigenvalue weighted by atomic mass is 16.6. The molecule has 1 amide bonds. The van der Waals surface area contributed by atoms with Crippen molar-refractivity contribution >= 4 is 11.8 Å². The van der Waals surface area contributed by atoms with E-state index in [4.69, 9.17) is 4.74 Å². The first-order valence-corrected chi connectivity index (χ1v) is 11.6. The molecule has 0 bridgehead atoms. The number of nitrogens with one attached hydrogen (secondary N) is 1. The minimum Gasteiger partial charge on any atom is -0.446 e. The number of hydrogen-bond donors (Lipinski definition) is 1. The number of carbonyl (C=O) groups excluding carboxylic acids is 1. The third-order valence-corrected chi connectivity index (χ3v) is 5.88. The van der Waals surface area contributed by atoms with Crippen LogP contribution in [0, 0.1) is 0 Å². The second-order valence-electron chi connectivity index (χ2n) is 8.25. The molecule has 30 heavy (non-hydrogen) atoms. The van der Waals surface area contributed by atoms with Crippen LogP contribution in [0.15, 0.2) is 54.6 Å². The Morgan fingerprint density at radius 2 is 1.60 bits per heavy atom. The third-order valence-electron chi connectivity index (χ3n) is 5.88. The monoisotopic (exact) mass is 408 g/mol. The van der Waals surface area contributed by atoms with Gasteiger partial charge in [0, 0.05) is 18.7 Å². The summed E-state index contributed by atoms with van der Waals surface area (Å²) in [5.41, 5.74) is 2.87. The molecule has 4 heteroatoms. The Balaban J connectivity index is 1.40. The molecule has 0 unspecified atom stereocenters. The largest absolute Gasteiger partial charge is 0.446 e. The van der Waals surface area contributed by atoms with Crippen LogP contribution in [0.1, 0.15) is 58.3 Å². The minimum atomic E-state index is -0.354. The summed E-state index contributed by atoms with van der Waals surface area (Å²) in [5, 5.41) is 2.95. The van der Waals surface area contributed by atoms with Gasteiger partial charge < -0.3 is 9.64 Å². The summed E-state index contributed by atoms with van der Waals surface area (Å²) in [6, 6.07) is 18.0. The molecule has 1 saturated heterocycles. The lowest BCUT2D eigenvalue weighted by Crippen LogP contribution is -2.38. The second kappa shape index (κ2) is 12.4. The molecule has 1 heterocycles. The number of hydrogen-bond acceptors (Lipinski definition) is 3. The Hall–Kier alpha value is -2.33. The molecule has 162 valence electrons. The molecule has 1 fully saturated rings. The molecule has 0 aromatic heterocycles. The molecule has 0 atom stereocenters. The Kier molecular flexibility index (Phi) is 9.23. The number of nitrogens with zero attached hydrogens (tertiary/aromatic N) is 1. The smallest absolute Gasteiger partial charge is 0.411 e. The summed E-state index contributed by atoms with van der Waals surface area (Å²) in [6.07, 6.45) is 9.51. The van der Waals surface area contributed by atoms with Crippen LogP contribution in [0.4, 0.5) is 10.5 Å². The zero-order chi connectivity index (χ0) is 21.0. The highest BCUT2D eigenvalue weighted by molar-refractivity contribution is 5.91. The Labute approximate surface area is 181 Å². The van der Waals surface area contributed by atoms with Crippen LogP contribution in [0.2, 0.25) is 0 Å². The maximum Gasteiger partial charge on any atom is 0.411 e. The van der Waals surface area contributed by atoms with E-state index in [0.717, 1.165) is 42.7 Å². The highest BCUT2D eigenvalue weighted by Gasteiger charge is 2.22. The summed E-state index contributed by atoms with van der Waals surface area (Å²) < 4.78 is 5.73. The number of likely N-dealkylation sites (tertiary alicyclic amines) is 1. The number of ether oxygens (including phenoxy) is 1. The summed E-state index contributed by atoms with van der Waals surface area (Å²) in [6.45, 7) is 5.48. The number of carbonyl (C=O) groups is 1. The van der Waals surface area contributed by atoms with Crippen molar-refractivity contribution in [3.8, 4) is 11.1 Å². The van der Waals surface area contributed by atoms with Gasteiger partial charge >= 0.3 is 6.09 Å². The fourth-order valence-electron chi connectivity index (χ4n) is 4.12. The summed E-state index contributed by atoms with van der Waals surface area (Å²) >= 11 is 0. The minimum absolute atomic E-state index is 0.00897. The van der Waals surface area contributed by atoms with Gasteiger partial charge in [0.1, 0.15) is 6.10 Å². The predicted molar refractivity (Wildman–Crippen MR) is 125 cm³/mol. The van der Waals surface area contributed by atoms with Crippen molar-refractivity contribution in [3.05, 3.63) is 54.6 Å². The molecule has 0 aliphatic carbocycles. The average Bonchev–Trinajstić information content (AvgIpc) is 2.78. The number of anilines is 1. The van der Waals surface area contributed by atoms with Gasteiger partial charge in [0.2, 0.25) is 0 Å². The topological polar surface area (TPSA) is 41.6 Å². The summed E-state index contributed by atoms with van der Waals surface area (Å²) in [5.74, 6) is 0. The molecule has 2 aromatic carbocycles. The van der Waals surface area contributed by atoms with E-state index in [1.54, 1.807) is 0 Å². The lowest BCUT2D eigenvalue weighted by atomic mass is 10.0. The second-order valence-corrected chi connectivity index (χ2v) is 8.25. The van der Waals surface area contributed by atoms with Gasteiger partial charge in [-0.15, -0.1) is 0 Å². The van der Waals surface area contributed by atoms with E-state index >= 15 is 0 Å². The van der Waals surface area contributed by atoms with E-state index < -0.39 is 0 Å². The molecule has 0 radical (unpaired) electrons. The summed E-state index contributed by atoms with van der Waals surface area (Å²) in [4.78, 5) is 15.0. The average molecular weight is 409 g/mol. The molecule has 0 spiro atoms. The zero-order valence-corrected chi connectivity index (χ0v) is 18.3. The highest BCUT2D eigenvalue weighted by Crippen LogP contribution is 2.28. The van der Waals surface area contributed by atoms with Gasteiger partial charge in [-0.3, -0.25) is 5.32 Å². The van der Waals surface area contributed by atoms with Crippen molar-refractivity contribution in [2.24, 2.45) is 0 Å². The number of unbranched alkanes of at least 4 members (excludes halogenated alkanes) is 5. The van der Waals surface area contributed by atoms with Crippen LogP contribution in [-0.4, -0.2) is 36.7 Å². The molecule has 1 aliphatic heterocycles. The Bertz CT molecular complexity index is 755. The van der Waals surface area contributed by atoms with Crippen LogP contribution in [-0.2, 0) is 4.74 Å². The van der Waals surface area contributed by atoms with E-state index in [0.29, 0.717) is 0 Å². The molecule has 0 saturated carbocycles. The number of para-hydroxylation sites is 1. The van der Waals surface area contributed by atoms with Crippen molar-refractivity contribution < 1.29 is 9.53 Å². The van der Waals surface area contributed by atoms with E-state index in [9.17, 15) is 4.79 Å². The van der Waals surface area contributed by atoms with E-state index in [2.05, 4.69) is 17.1 Å². The quantitative estimate of drug-likeness (QED) is 0.443. The van der Waals surface area contributed by atoms with Gasteiger partial charge in [-0.2, -0.15) is 0 Å². The van der Waals surface area contributed by atoms with Crippen molar-refractivity contribution in [1.29, 1.82) is 0 Å². The Morgan fingerprint density at radius 3 is 2.37 bits per heavy atom. The molecule has 3 rings (SSSR count). The van der Waals surface area contributed by atoms with E-state index in [1.807, 2.05) is 54.6 Å². The van der Waals surface area contributed by atoms with Crippen molar-refractivity contribution in [2.45, 2.75) is 64.4 Å². The number of benzene rings is 2. The molecular formula is C26H36N2O2. The van der Waals surface area contributed by atoms with Crippen LogP contribution in [0.25, 0.3) is 11.1 Å². The standard InChI is InChI=1S/C26H36N2O2/c1-2-3-4-5-6-12-19-28-20-17-23(18-21-28)30-26(29)27-25-16-11-10-15-24(25)22-13-8-7-9-14-22/h7-11,13-16,23H,2-6,12,17-21H2,1H3,(H,27,29). The first kappa shape index (κ1) is 22.4. The van der Waals surface area contributed by atoms with Crippen LogP contribution >= 0.6 is 0 Å². The zero-order valence-electron chi connectivity index (χ0n) is 18.3. The van der Waals surface area contributed by atoms with E-state index in [-0.39, 0.29) is 12.2 Å². The third kappa shape index (κ3) is 7.17. The van der Waals surface area contributed by atoms with Gasteiger partial charge in [0.05, 0.1) is 5.69 Å². The summed E-state index contributed by atoms with van der Waals surface area (Å²) in [7, 11) is 0. The van der Waals surface area contributed by atoms with Crippen molar-refractivity contribution in [3.63, 3.8) is 0 Å². The molecule has 1 aliphatic rings. The molecule has 4 nitrogen and oxygen atoms in total. The number of piperidine rings is 1. The van der Waals surface area contributed by atoms with E-state index in [1.165, 1.54) is 45.1 Å². The van der Waals surface area contributed by atoms with Crippen molar-refractivity contribution in [1.82, 2.24) is 4.90 Å². The predicted octanol–water partition coefficient (Wildman–Crippen LogP) is 6.73. The van der Waals surface area contributed by atoms with Gasteiger partial charge in [-0.25, -0.2) is 4.79 Å². The molecule has 1 N–H and O–H groups in total. The van der Waals surface area contributed by atoms with Crippen molar-refractivity contribution in [2.75, 3.05) is 25.0 Å². The van der Waals surface area contributed by atoms with Crippen LogP contribution < -0.4 is 5.32 Å². The number of rotatable bonds is 10. The number of amides is 1. The first-order chi connectivity index (χ1) is 14.8. The van der Waals surface area contributed by atoms with Gasteiger partial charge in [-0.1, -0.05) is 87.6 Å². The maximum absolute atomic E-state index is 12.5. The SMILES string of the molecule is CCCCCCCCN1CCC(OC(=O)Nc2ccccc2-c2ccccc2)CC1. The lowest BCUT2D eigenvalue weighted by Gasteiger charge is -2.31. The van der Waals surface area contributed by atoms with Crippen LogP contribution in [0.3, 0.4) is 0 Å². The van der Waals surface area contributed by atoms with Crippen LogP contribution in [0.5, 0.6) is 0 Å². The molecule has 2 aromatic rings. The molecular weight excluding hydrogens is 372 g/mol. The van der Waals surface area contributed by atoms with Gasteiger partial charge in [0.25, 0.3) is 0 Å². The fourth-order valence-corrected chi connectivity index (χ4v) is 4.12. The lowest BCUT2D eigenvalue weighted by molar-refractivity contribution is 0.0585. The van der Waals surface area contributed by atoms with Gasteiger partial charge in [-0.05, 0) is 37.4 Å². The maximum atomic E-state index is 12.5.